The topological polar surface area (TPSA) is 29.3 Å². The molecule has 0 spiro atoms. The highest BCUT2D eigenvalue weighted by atomic mass is 19.4. The van der Waals surface area contributed by atoms with Gasteiger partial charge in [0.05, 0.1) is 6.54 Å². The Morgan fingerprint density at radius 3 is 2.35 bits per heavy atom. The van der Waals surface area contributed by atoms with E-state index in [9.17, 15) is 13.2 Å². The lowest BCUT2D eigenvalue weighted by molar-refractivity contribution is -0.143. The van der Waals surface area contributed by atoms with E-state index >= 15 is 0 Å². The molecule has 1 aromatic carbocycles. The number of alkyl halides is 3. The van der Waals surface area contributed by atoms with Crippen molar-refractivity contribution in [1.82, 2.24) is 4.90 Å². The second kappa shape index (κ2) is 6.02. The van der Waals surface area contributed by atoms with E-state index < -0.39 is 12.7 Å². The second-order valence-electron chi connectivity index (χ2n) is 4.26. The minimum Gasteiger partial charge on any atom is -0.326 e. The van der Waals surface area contributed by atoms with Crippen LogP contribution in [0, 0.1) is 0 Å². The number of likely N-dealkylation sites (N-methyl/N-ethyl adjacent to an activating group) is 1. The summed E-state index contributed by atoms with van der Waals surface area (Å²) in [7, 11) is 1.43. The summed E-state index contributed by atoms with van der Waals surface area (Å²) in [6.07, 6.45) is -3.58. The van der Waals surface area contributed by atoms with Crippen LogP contribution in [0.2, 0.25) is 0 Å². The van der Waals surface area contributed by atoms with Gasteiger partial charge in [0.2, 0.25) is 0 Å². The van der Waals surface area contributed by atoms with Crippen molar-refractivity contribution < 1.29 is 13.2 Å². The lowest BCUT2D eigenvalue weighted by atomic mass is 10.1. The van der Waals surface area contributed by atoms with Gasteiger partial charge in [-0.15, -0.1) is 0 Å². The summed E-state index contributed by atoms with van der Waals surface area (Å²) in [6.45, 7) is -0.691. The zero-order valence-electron chi connectivity index (χ0n) is 9.74. The van der Waals surface area contributed by atoms with Crippen molar-refractivity contribution in [3.63, 3.8) is 0 Å². The third kappa shape index (κ3) is 6.28. The number of nitrogens with two attached hydrogens (primary N) is 1. The molecule has 1 atom stereocenters. The minimum absolute atomic E-state index is 0.231. The fourth-order valence-electron chi connectivity index (χ4n) is 1.75. The molecular weight excluding hydrogens is 229 g/mol. The Bertz CT molecular complexity index is 324. The van der Waals surface area contributed by atoms with E-state index in [0.717, 1.165) is 5.56 Å². The van der Waals surface area contributed by atoms with Crippen LogP contribution < -0.4 is 5.73 Å². The quantitative estimate of drug-likeness (QED) is 0.861. The van der Waals surface area contributed by atoms with Crippen molar-refractivity contribution in [2.24, 2.45) is 5.73 Å². The van der Waals surface area contributed by atoms with Crippen molar-refractivity contribution in [2.75, 3.05) is 20.1 Å². The Morgan fingerprint density at radius 2 is 1.82 bits per heavy atom. The van der Waals surface area contributed by atoms with Crippen molar-refractivity contribution in [2.45, 2.75) is 18.6 Å². The van der Waals surface area contributed by atoms with E-state index in [-0.39, 0.29) is 12.6 Å². The van der Waals surface area contributed by atoms with Gasteiger partial charge in [0.15, 0.2) is 0 Å². The number of nitrogens with zero attached hydrogens (tertiary/aromatic N) is 1. The maximum absolute atomic E-state index is 12.1. The summed E-state index contributed by atoms with van der Waals surface area (Å²) in [6, 6.07) is 9.23. The summed E-state index contributed by atoms with van der Waals surface area (Å²) in [5, 5.41) is 0. The Balaban J connectivity index is 2.37. The normalized spacial score (nSPS) is 14.0. The van der Waals surface area contributed by atoms with Crippen molar-refractivity contribution in [3.8, 4) is 0 Å². The molecule has 17 heavy (non-hydrogen) atoms. The number of halogens is 3. The molecule has 2 N–H and O–H groups in total. The van der Waals surface area contributed by atoms with Gasteiger partial charge < -0.3 is 5.73 Å². The van der Waals surface area contributed by atoms with Crippen LogP contribution in [0.15, 0.2) is 30.3 Å². The molecule has 1 aromatic rings. The monoisotopic (exact) mass is 246 g/mol. The molecular formula is C12H17F3N2. The molecule has 0 aliphatic heterocycles. The lowest BCUT2D eigenvalue weighted by Gasteiger charge is -2.22. The van der Waals surface area contributed by atoms with Crippen molar-refractivity contribution in [1.29, 1.82) is 0 Å². The first-order valence-corrected chi connectivity index (χ1v) is 5.41. The smallest absolute Gasteiger partial charge is 0.326 e. The maximum Gasteiger partial charge on any atom is 0.401 e. The average molecular weight is 246 g/mol. The van der Waals surface area contributed by atoms with Crippen LogP contribution in [0.1, 0.15) is 5.56 Å². The summed E-state index contributed by atoms with van der Waals surface area (Å²) in [5.41, 5.74) is 6.86. The van der Waals surface area contributed by atoms with E-state index in [2.05, 4.69) is 0 Å². The lowest BCUT2D eigenvalue weighted by Crippen LogP contribution is -2.41. The number of rotatable bonds is 5. The predicted molar refractivity (Wildman–Crippen MR) is 61.7 cm³/mol. The molecule has 0 aromatic heterocycles. The van der Waals surface area contributed by atoms with Gasteiger partial charge in [0.1, 0.15) is 0 Å². The second-order valence-corrected chi connectivity index (χ2v) is 4.26. The molecule has 1 unspecified atom stereocenters. The SMILES string of the molecule is CN(CC(N)Cc1ccccc1)CC(F)(F)F. The zero-order valence-corrected chi connectivity index (χ0v) is 9.74. The first kappa shape index (κ1) is 14.0. The van der Waals surface area contributed by atoms with E-state index in [4.69, 9.17) is 5.73 Å². The van der Waals surface area contributed by atoms with Crippen LogP contribution in [0.5, 0.6) is 0 Å². The third-order valence-corrected chi connectivity index (χ3v) is 2.34. The Morgan fingerprint density at radius 1 is 1.24 bits per heavy atom. The van der Waals surface area contributed by atoms with Crippen LogP contribution in [0.25, 0.3) is 0 Å². The fraction of sp³-hybridized carbons (Fsp3) is 0.500. The first-order valence-electron chi connectivity index (χ1n) is 5.41. The highest BCUT2D eigenvalue weighted by molar-refractivity contribution is 5.15. The van der Waals surface area contributed by atoms with Gasteiger partial charge >= 0.3 is 6.18 Å². The van der Waals surface area contributed by atoms with E-state index in [1.165, 1.54) is 11.9 Å². The Hall–Kier alpha value is -1.07. The van der Waals surface area contributed by atoms with Crippen LogP contribution in [-0.4, -0.2) is 37.3 Å². The van der Waals surface area contributed by atoms with Gasteiger partial charge in [-0.25, -0.2) is 0 Å². The average Bonchev–Trinajstić information content (AvgIpc) is 2.15. The molecule has 0 radical (unpaired) electrons. The van der Waals surface area contributed by atoms with Gasteiger partial charge in [-0.1, -0.05) is 30.3 Å². The minimum atomic E-state index is -4.17. The number of benzene rings is 1. The van der Waals surface area contributed by atoms with E-state index in [0.29, 0.717) is 6.42 Å². The molecule has 5 heteroatoms. The van der Waals surface area contributed by atoms with Crippen LogP contribution >= 0.6 is 0 Å². The molecule has 0 aliphatic carbocycles. The summed E-state index contributed by atoms with van der Waals surface area (Å²) < 4.78 is 36.3. The van der Waals surface area contributed by atoms with Crippen molar-refractivity contribution in [3.05, 3.63) is 35.9 Å². The first-order chi connectivity index (χ1) is 7.87. The Kier molecular flexibility index (Phi) is 4.96. The molecule has 1 rings (SSSR count). The maximum atomic E-state index is 12.1. The van der Waals surface area contributed by atoms with E-state index in [1.54, 1.807) is 0 Å². The molecule has 2 nitrogen and oxygen atoms in total. The van der Waals surface area contributed by atoms with Crippen LogP contribution in [-0.2, 0) is 6.42 Å². The highest BCUT2D eigenvalue weighted by Crippen LogP contribution is 2.15. The fourth-order valence-corrected chi connectivity index (χ4v) is 1.75. The standard InChI is InChI=1S/C12H17F3N2/c1-17(9-12(13,14)15)8-11(16)7-10-5-3-2-4-6-10/h2-6,11H,7-9,16H2,1H3. The summed E-state index contributed by atoms with van der Waals surface area (Å²) >= 11 is 0. The molecule has 0 heterocycles. The van der Waals surface area contributed by atoms with E-state index in [1.807, 2.05) is 30.3 Å². The molecule has 0 fully saturated rings. The molecule has 0 amide bonds. The van der Waals surface area contributed by atoms with Gasteiger partial charge in [-0.2, -0.15) is 13.2 Å². The summed E-state index contributed by atoms with van der Waals surface area (Å²) in [5.74, 6) is 0. The predicted octanol–water partition coefficient (Wildman–Crippen LogP) is 2.05. The third-order valence-electron chi connectivity index (χ3n) is 2.34. The Labute approximate surface area is 99.2 Å². The van der Waals surface area contributed by atoms with Gasteiger partial charge in [-0.05, 0) is 19.0 Å². The molecule has 0 saturated heterocycles. The van der Waals surface area contributed by atoms with Gasteiger partial charge in [-0.3, -0.25) is 4.90 Å². The van der Waals surface area contributed by atoms with Crippen molar-refractivity contribution >= 4 is 0 Å². The zero-order chi connectivity index (χ0) is 12.9. The largest absolute Gasteiger partial charge is 0.401 e. The number of hydrogen-bond donors (Lipinski definition) is 1. The summed E-state index contributed by atoms with van der Waals surface area (Å²) in [4.78, 5) is 1.20. The number of hydrogen-bond acceptors (Lipinski definition) is 2. The highest BCUT2D eigenvalue weighted by Gasteiger charge is 2.29. The molecule has 0 bridgehead atoms. The van der Waals surface area contributed by atoms with Gasteiger partial charge in [0, 0.05) is 12.6 Å². The molecule has 0 aliphatic rings. The molecule has 0 saturated carbocycles. The van der Waals surface area contributed by atoms with Crippen LogP contribution in [0.4, 0.5) is 13.2 Å². The molecule has 96 valence electrons. The van der Waals surface area contributed by atoms with Gasteiger partial charge in [0.25, 0.3) is 0 Å². The van der Waals surface area contributed by atoms with Crippen LogP contribution in [0.3, 0.4) is 0 Å².